The highest BCUT2D eigenvalue weighted by Gasteiger charge is 2.08. The molecule has 2 N–H and O–H groups in total. The van der Waals surface area contributed by atoms with Gasteiger partial charge in [-0.1, -0.05) is 6.07 Å². The summed E-state index contributed by atoms with van der Waals surface area (Å²) in [5, 5.41) is 18.9. The zero-order valence-electron chi connectivity index (χ0n) is 9.54. The first-order valence-corrected chi connectivity index (χ1v) is 5.44. The Labute approximate surface area is 102 Å². The number of carboxylic acid groups (broad SMARTS) is 1. The quantitative estimate of drug-likeness (QED) is 0.718. The molecule has 94 valence electrons. The fourth-order valence-corrected chi connectivity index (χ4v) is 1.57. The van der Waals surface area contributed by atoms with Crippen molar-refractivity contribution in [2.45, 2.75) is 12.8 Å². The highest BCUT2D eigenvalue weighted by molar-refractivity contribution is 5.93. The van der Waals surface area contributed by atoms with Crippen LogP contribution in [0, 0.1) is 0 Å². The molecule has 2 rings (SSSR count). The maximum atomic E-state index is 11.1. The van der Waals surface area contributed by atoms with Crippen molar-refractivity contribution in [3.05, 3.63) is 30.2 Å². The van der Waals surface area contributed by atoms with Crippen LogP contribution in [-0.2, 0) is 16.0 Å². The molecule has 7 nitrogen and oxygen atoms in total. The topological polar surface area (TPSA) is 96.6 Å². The molecule has 0 saturated heterocycles. The lowest BCUT2D eigenvalue weighted by atomic mass is 10.3. The second-order valence-electron chi connectivity index (χ2n) is 3.72. The molecular weight excluding hydrogens is 236 g/mol. The normalized spacial score (nSPS) is 10.4. The van der Waals surface area contributed by atoms with Crippen LogP contribution in [0.15, 0.2) is 24.4 Å². The number of amides is 1. The van der Waals surface area contributed by atoms with Crippen LogP contribution in [0.3, 0.4) is 0 Å². The molecule has 0 unspecified atom stereocenters. The van der Waals surface area contributed by atoms with Crippen molar-refractivity contribution < 1.29 is 14.7 Å². The van der Waals surface area contributed by atoms with Gasteiger partial charge in [-0.2, -0.15) is 0 Å². The van der Waals surface area contributed by atoms with E-state index in [0.717, 1.165) is 11.5 Å². The molecule has 2 aromatic rings. The minimum Gasteiger partial charge on any atom is -0.481 e. The van der Waals surface area contributed by atoms with Gasteiger partial charge in [0.25, 0.3) is 0 Å². The number of aliphatic carboxylic acids is 1. The number of nitrogens with zero attached hydrogens (tertiary/aromatic N) is 3. The van der Waals surface area contributed by atoms with Crippen molar-refractivity contribution in [3.8, 4) is 0 Å². The second kappa shape index (κ2) is 5.26. The lowest BCUT2D eigenvalue weighted by Gasteiger charge is -2.02. The van der Waals surface area contributed by atoms with Gasteiger partial charge < -0.3 is 10.4 Å². The van der Waals surface area contributed by atoms with Crippen LogP contribution in [0.1, 0.15) is 12.2 Å². The summed E-state index contributed by atoms with van der Waals surface area (Å²) < 4.78 is 1.82. The Morgan fingerprint density at radius 2 is 2.17 bits per heavy atom. The van der Waals surface area contributed by atoms with Gasteiger partial charge in [-0.15, -0.1) is 10.2 Å². The van der Waals surface area contributed by atoms with Crippen molar-refractivity contribution in [3.63, 3.8) is 0 Å². The molecule has 0 radical (unpaired) electrons. The Bertz CT molecular complexity index is 578. The van der Waals surface area contributed by atoms with E-state index in [-0.39, 0.29) is 0 Å². The third-order valence-electron chi connectivity index (χ3n) is 2.37. The van der Waals surface area contributed by atoms with E-state index in [9.17, 15) is 9.59 Å². The van der Waals surface area contributed by atoms with Gasteiger partial charge in [-0.25, -0.2) is 0 Å². The fourth-order valence-electron chi connectivity index (χ4n) is 1.57. The Kier molecular flexibility index (Phi) is 3.52. The maximum Gasteiger partial charge on any atom is 0.312 e. The summed E-state index contributed by atoms with van der Waals surface area (Å²) in [6.45, 7) is 0.335. The van der Waals surface area contributed by atoms with Crippen LogP contribution < -0.4 is 5.32 Å². The molecule has 0 atom stereocenters. The summed E-state index contributed by atoms with van der Waals surface area (Å²) >= 11 is 0. The number of aromatic nitrogens is 3. The summed E-state index contributed by atoms with van der Waals surface area (Å²) in [6, 6.07) is 5.56. The van der Waals surface area contributed by atoms with Gasteiger partial charge in [0.05, 0.1) is 0 Å². The number of hydrogen-bond acceptors (Lipinski definition) is 4. The van der Waals surface area contributed by atoms with E-state index in [1.807, 2.05) is 28.8 Å². The number of carbonyl (C=O) groups is 2. The number of carbonyl (C=O) groups excluding carboxylic acids is 1. The Morgan fingerprint density at radius 3 is 2.94 bits per heavy atom. The van der Waals surface area contributed by atoms with Gasteiger partial charge >= 0.3 is 5.97 Å². The number of fused-ring (bicyclic) bond motifs is 1. The number of pyridine rings is 1. The Morgan fingerprint density at radius 1 is 1.33 bits per heavy atom. The first-order valence-electron chi connectivity index (χ1n) is 5.44. The van der Waals surface area contributed by atoms with Gasteiger partial charge in [-0.05, 0) is 12.1 Å². The maximum absolute atomic E-state index is 11.1. The van der Waals surface area contributed by atoms with E-state index in [2.05, 4.69) is 15.5 Å². The molecule has 0 aliphatic rings. The Hall–Kier alpha value is -2.44. The lowest BCUT2D eigenvalue weighted by Crippen LogP contribution is -2.27. The van der Waals surface area contributed by atoms with Gasteiger partial charge in [0, 0.05) is 19.2 Å². The molecule has 0 fully saturated rings. The molecule has 0 saturated carbocycles. The van der Waals surface area contributed by atoms with E-state index in [0.29, 0.717) is 13.0 Å². The summed E-state index contributed by atoms with van der Waals surface area (Å²) in [6.07, 6.45) is 1.82. The first-order chi connectivity index (χ1) is 8.66. The first kappa shape index (κ1) is 12.0. The van der Waals surface area contributed by atoms with E-state index in [1.54, 1.807) is 0 Å². The molecule has 7 heteroatoms. The Balaban J connectivity index is 1.91. The minimum atomic E-state index is -1.14. The molecule has 2 aromatic heterocycles. The van der Waals surface area contributed by atoms with Crippen LogP contribution >= 0.6 is 0 Å². The highest BCUT2D eigenvalue weighted by atomic mass is 16.4. The van der Waals surface area contributed by atoms with E-state index >= 15 is 0 Å². The van der Waals surface area contributed by atoms with Gasteiger partial charge in [0.2, 0.25) is 5.91 Å². The molecule has 0 aliphatic heterocycles. The van der Waals surface area contributed by atoms with Gasteiger partial charge in [-0.3, -0.25) is 14.0 Å². The highest BCUT2D eigenvalue weighted by Crippen LogP contribution is 2.02. The molecule has 0 aliphatic carbocycles. The predicted octanol–water partition coefficient (Wildman–Crippen LogP) is -0.137. The van der Waals surface area contributed by atoms with Crippen LogP contribution in [-0.4, -0.2) is 38.1 Å². The van der Waals surface area contributed by atoms with E-state index in [1.165, 1.54) is 0 Å². The monoisotopic (exact) mass is 248 g/mol. The lowest BCUT2D eigenvalue weighted by molar-refractivity contribution is -0.140. The third kappa shape index (κ3) is 2.82. The third-order valence-corrected chi connectivity index (χ3v) is 2.37. The van der Waals surface area contributed by atoms with Crippen LogP contribution in [0.2, 0.25) is 0 Å². The SMILES string of the molecule is O=C(O)CC(=O)NCCc1nnc2ccccn12. The second-order valence-corrected chi connectivity index (χ2v) is 3.72. The summed E-state index contributed by atoms with van der Waals surface area (Å²) in [7, 11) is 0. The molecule has 18 heavy (non-hydrogen) atoms. The van der Waals surface area contributed by atoms with Crippen molar-refractivity contribution >= 4 is 17.5 Å². The number of carboxylic acids is 1. The molecular formula is C11H12N4O3. The van der Waals surface area contributed by atoms with Crippen molar-refractivity contribution in [1.29, 1.82) is 0 Å². The molecule has 0 aromatic carbocycles. The van der Waals surface area contributed by atoms with Gasteiger partial charge in [0.1, 0.15) is 12.2 Å². The number of nitrogens with one attached hydrogen (secondary N) is 1. The number of hydrogen-bond donors (Lipinski definition) is 2. The van der Waals surface area contributed by atoms with E-state index in [4.69, 9.17) is 5.11 Å². The average molecular weight is 248 g/mol. The van der Waals surface area contributed by atoms with Crippen LogP contribution in [0.4, 0.5) is 0 Å². The molecule has 0 bridgehead atoms. The minimum absolute atomic E-state index is 0.335. The van der Waals surface area contributed by atoms with Gasteiger partial charge in [0.15, 0.2) is 5.65 Å². The standard InChI is InChI=1S/C11H12N4O3/c16-10(7-11(17)18)12-5-4-9-14-13-8-3-1-2-6-15(8)9/h1-3,6H,4-5,7H2,(H,12,16)(H,17,18). The largest absolute Gasteiger partial charge is 0.481 e. The van der Waals surface area contributed by atoms with Crippen LogP contribution in [0.25, 0.3) is 5.65 Å². The molecule has 2 heterocycles. The predicted molar refractivity (Wildman–Crippen MR) is 62.0 cm³/mol. The van der Waals surface area contributed by atoms with E-state index < -0.39 is 18.3 Å². The smallest absolute Gasteiger partial charge is 0.312 e. The summed E-state index contributed by atoms with van der Waals surface area (Å²) in [5.74, 6) is -0.919. The van der Waals surface area contributed by atoms with Crippen LogP contribution in [0.5, 0.6) is 0 Å². The average Bonchev–Trinajstić information content (AvgIpc) is 2.72. The summed E-state index contributed by atoms with van der Waals surface area (Å²) in [4.78, 5) is 21.4. The zero-order valence-corrected chi connectivity index (χ0v) is 9.54. The molecule has 0 spiro atoms. The van der Waals surface area contributed by atoms with Crippen molar-refractivity contribution in [2.75, 3.05) is 6.54 Å². The fraction of sp³-hybridized carbons (Fsp3) is 0.273. The van der Waals surface area contributed by atoms with Crippen molar-refractivity contribution in [2.24, 2.45) is 0 Å². The number of rotatable bonds is 5. The summed E-state index contributed by atoms with van der Waals surface area (Å²) in [5.41, 5.74) is 0.740. The van der Waals surface area contributed by atoms with Crippen molar-refractivity contribution in [1.82, 2.24) is 19.9 Å². The zero-order chi connectivity index (χ0) is 13.0. The molecule has 1 amide bonds.